The van der Waals surface area contributed by atoms with Crippen molar-refractivity contribution in [2.45, 2.75) is 38.5 Å². The predicted octanol–water partition coefficient (Wildman–Crippen LogP) is 2.60. The van der Waals surface area contributed by atoms with Crippen molar-refractivity contribution in [1.29, 1.82) is 0 Å². The Morgan fingerprint density at radius 2 is 2.03 bits per heavy atom. The van der Waals surface area contributed by atoms with Gasteiger partial charge in [0.15, 0.2) is 5.96 Å². The molecule has 1 saturated heterocycles. The summed E-state index contributed by atoms with van der Waals surface area (Å²) in [5, 5.41) is 7.02. The number of nitrogens with zero attached hydrogens (tertiary/aromatic N) is 5. The molecule has 2 atom stereocenters. The molecular weight excluding hydrogens is 374 g/mol. The number of pyridine rings is 1. The molecule has 0 spiro atoms. The summed E-state index contributed by atoms with van der Waals surface area (Å²) in [5.41, 5.74) is 2.50. The van der Waals surface area contributed by atoms with Gasteiger partial charge >= 0.3 is 0 Å². The molecule has 0 radical (unpaired) electrons. The molecular formula is C23H29N7. The van der Waals surface area contributed by atoms with Crippen LogP contribution in [-0.4, -0.2) is 51.1 Å². The fourth-order valence-electron chi connectivity index (χ4n) is 3.92. The molecule has 2 aromatic heterocycles. The second-order valence-corrected chi connectivity index (χ2v) is 7.76. The minimum atomic E-state index is 0.383. The van der Waals surface area contributed by atoms with Gasteiger partial charge in [0.1, 0.15) is 12.1 Å². The Balaban J connectivity index is 1.31. The molecule has 156 valence electrons. The zero-order chi connectivity index (χ0) is 20.8. The van der Waals surface area contributed by atoms with Crippen LogP contribution in [0.1, 0.15) is 24.5 Å². The van der Waals surface area contributed by atoms with E-state index in [1.165, 1.54) is 5.56 Å². The lowest BCUT2D eigenvalue weighted by atomic mass is 10.2. The van der Waals surface area contributed by atoms with Crippen molar-refractivity contribution in [3.8, 4) is 5.82 Å². The number of hydrogen-bond donors (Lipinski definition) is 2. The van der Waals surface area contributed by atoms with Crippen LogP contribution in [0.3, 0.4) is 0 Å². The SMILES string of the molecule is CN=C(NCc1ccnc(-n2ccnc2)c1)NC1CC(C)N(Cc2ccccc2)C1. The van der Waals surface area contributed by atoms with Gasteiger partial charge in [-0.25, -0.2) is 9.97 Å². The number of nitrogens with one attached hydrogen (secondary N) is 2. The number of aromatic nitrogens is 3. The molecule has 7 heteroatoms. The minimum absolute atomic E-state index is 0.383. The first-order valence-corrected chi connectivity index (χ1v) is 10.4. The van der Waals surface area contributed by atoms with E-state index in [1.54, 1.807) is 12.5 Å². The van der Waals surface area contributed by atoms with Crippen molar-refractivity contribution in [2.24, 2.45) is 4.99 Å². The van der Waals surface area contributed by atoms with Crippen LogP contribution in [-0.2, 0) is 13.1 Å². The number of aliphatic imine (C=N–C) groups is 1. The number of imidazole rings is 1. The molecule has 0 amide bonds. The normalized spacial score (nSPS) is 19.7. The van der Waals surface area contributed by atoms with Gasteiger partial charge in [0.05, 0.1) is 0 Å². The van der Waals surface area contributed by atoms with Gasteiger partial charge in [-0.2, -0.15) is 0 Å². The third kappa shape index (κ3) is 5.04. The molecule has 1 aliphatic rings. The van der Waals surface area contributed by atoms with Crippen molar-refractivity contribution < 1.29 is 0 Å². The van der Waals surface area contributed by atoms with Crippen molar-refractivity contribution in [1.82, 2.24) is 30.1 Å². The molecule has 2 N–H and O–H groups in total. The maximum atomic E-state index is 4.42. The molecule has 1 aromatic carbocycles. The molecule has 3 aromatic rings. The fraction of sp³-hybridized carbons (Fsp3) is 0.348. The molecule has 0 bridgehead atoms. The highest BCUT2D eigenvalue weighted by atomic mass is 15.3. The number of hydrogen-bond acceptors (Lipinski definition) is 4. The Morgan fingerprint density at radius 1 is 1.17 bits per heavy atom. The number of benzene rings is 1. The molecule has 1 fully saturated rings. The van der Waals surface area contributed by atoms with E-state index in [-0.39, 0.29) is 0 Å². The average molecular weight is 404 g/mol. The van der Waals surface area contributed by atoms with Crippen LogP contribution in [0.2, 0.25) is 0 Å². The summed E-state index contributed by atoms with van der Waals surface area (Å²) >= 11 is 0. The summed E-state index contributed by atoms with van der Waals surface area (Å²) in [7, 11) is 1.82. The largest absolute Gasteiger partial charge is 0.352 e. The zero-order valence-corrected chi connectivity index (χ0v) is 17.6. The Labute approximate surface area is 177 Å². The van der Waals surface area contributed by atoms with Crippen LogP contribution < -0.4 is 10.6 Å². The average Bonchev–Trinajstić information content (AvgIpc) is 3.42. The number of likely N-dealkylation sites (tertiary alicyclic amines) is 1. The lowest BCUT2D eigenvalue weighted by Gasteiger charge is -2.21. The van der Waals surface area contributed by atoms with Crippen molar-refractivity contribution in [2.75, 3.05) is 13.6 Å². The van der Waals surface area contributed by atoms with Gasteiger partial charge in [0, 0.05) is 57.4 Å². The van der Waals surface area contributed by atoms with Gasteiger partial charge < -0.3 is 10.6 Å². The van der Waals surface area contributed by atoms with Gasteiger partial charge in [0.2, 0.25) is 0 Å². The lowest BCUT2D eigenvalue weighted by molar-refractivity contribution is 0.258. The van der Waals surface area contributed by atoms with E-state index in [0.29, 0.717) is 18.6 Å². The highest BCUT2D eigenvalue weighted by Crippen LogP contribution is 2.20. The fourth-order valence-corrected chi connectivity index (χ4v) is 3.92. The second-order valence-electron chi connectivity index (χ2n) is 7.76. The van der Waals surface area contributed by atoms with Gasteiger partial charge in [-0.15, -0.1) is 0 Å². The zero-order valence-electron chi connectivity index (χ0n) is 17.6. The molecule has 7 nitrogen and oxygen atoms in total. The number of guanidine groups is 1. The van der Waals surface area contributed by atoms with Crippen LogP contribution in [0.15, 0.2) is 72.4 Å². The highest BCUT2D eigenvalue weighted by molar-refractivity contribution is 5.80. The summed E-state index contributed by atoms with van der Waals surface area (Å²) in [6, 6.07) is 15.7. The summed E-state index contributed by atoms with van der Waals surface area (Å²) < 4.78 is 1.90. The van der Waals surface area contributed by atoms with Gasteiger partial charge in [-0.3, -0.25) is 14.5 Å². The first-order valence-electron chi connectivity index (χ1n) is 10.4. The van der Waals surface area contributed by atoms with E-state index in [9.17, 15) is 0 Å². The van der Waals surface area contributed by atoms with E-state index < -0.39 is 0 Å². The summed E-state index contributed by atoms with van der Waals surface area (Å²) in [6.45, 7) is 4.98. The van der Waals surface area contributed by atoms with Crippen molar-refractivity contribution in [3.05, 3.63) is 78.5 Å². The van der Waals surface area contributed by atoms with E-state index >= 15 is 0 Å². The van der Waals surface area contributed by atoms with E-state index in [1.807, 2.05) is 30.1 Å². The minimum Gasteiger partial charge on any atom is -0.352 e. The summed E-state index contributed by atoms with van der Waals surface area (Å²) in [5.74, 6) is 1.69. The second kappa shape index (κ2) is 9.54. The van der Waals surface area contributed by atoms with Crippen molar-refractivity contribution >= 4 is 5.96 Å². The van der Waals surface area contributed by atoms with Crippen LogP contribution in [0.4, 0.5) is 0 Å². The first kappa shape index (κ1) is 20.1. The summed E-state index contributed by atoms with van der Waals surface area (Å²) in [4.78, 5) is 15.4. The lowest BCUT2D eigenvalue weighted by Crippen LogP contribution is -2.44. The molecule has 4 rings (SSSR count). The predicted molar refractivity (Wildman–Crippen MR) is 119 cm³/mol. The maximum Gasteiger partial charge on any atom is 0.191 e. The Hall–Kier alpha value is -3.19. The molecule has 0 aliphatic carbocycles. The Bertz CT molecular complexity index is 953. The van der Waals surface area contributed by atoms with Crippen molar-refractivity contribution in [3.63, 3.8) is 0 Å². The molecule has 30 heavy (non-hydrogen) atoms. The topological polar surface area (TPSA) is 70.4 Å². The smallest absolute Gasteiger partial charge is 0.191 e. The van der Waals surface area contributed by atoms with Gasteiger partial charge in [-0.1, -0.05) is 30.3 Å². The molecule has 1 aliphatic heterocycles. The van der Waals surface area contributed by atoms with E-state index in [0.717, 1.165) is 36.9 Å². The van der Waals surface area contributed by atoms with Crippen LogP contribution in [0, 0.1) is 0 Å². The van der Waals surface area contributed by atoms with Gasteiger partial charge in [0.25, 0.3) is 0 Å². The Morgan fingerprint density at radius 3 is 2.80 bits per heavy atom. The van der Waals surface area contributed by atoms with E-state index in [2.05, 4.69) is 73.8 Å². The molecule has 3 heterocycles. The Kier molecular flexibility index (Phi) is 6.39. The quantitative estimate of drug-likeness (QED) is 0.489. The maximum absolute atomic E-state index is 4.42. The monoisotopic (exact) mass is 403 g/mol. The summed E-state index contributed by atoms with van der Waals surface area (Å²) in [6.07, 6.45) is 8.32. The molecule has 0 saturated carbocycles. The van der Waals surface area contributed by atoms with Crippen LogP contribution in [0.5, 0.6) is 0 Å². The standard InChI is InChI=1S/C23H29N7/c1-18-12-21(16-30(18)15-19-6-4-3-5-7-19)28-23(24-2)27-14-20-8-9-26-22(13-20)29-11-10-25-17-29/h3-11,13,17-18,21H,12,14-16H2,1-2H3,(H2,24,27,28). The van der Waals surface area contributed by atoms with Crippen LogP contribution in [0.25, 0.3) is 5.82 Å². The molecule has 2 unspecified atom stereocenters. The highest BCUT2D eigenvalue weighted by Gasteiger charge is 2.29. The first-order chi connectivity index (χ1) is 14.7. The third-order valence-corrected chi connectivity index (χ3v) is 5.54. The third-order valence-electron chi connectivity index (χ3n) is 5.54. The van der Waals surface area contributed by atoms with Gasteiger partial charge in [-0.05, 0) is 36.6 Å². The van der Waals surface area contributed by atoms with E-state index in [4.69, 9.17) is 0 Å². The van der Waals surface area contributed by atoms with Crippen LogP contribution >= 0.6 is 0 Å². The number of rotatable bonds is 6.